The Bertz CT molecular complexity index is 1530. The zero-order chi connectivity index (χ0) is 29.7. The Hall–Kier alpha value is -4.49. The summed E-state index contributed by atoms with van der Waals surface area (Å²) in [6.07, 6.45) is -2.99. The fraction of sp³-hybridized carbons (Fsp3) is 0.310. The molecule has 0 atom stereocenters. The van der Waals surface area contributed by atoms with Crippen molar-refractivity contribution in [2.45, 2.75) is 20.0 Å². The van der Waals surface area contributed by atoms with Gasteiger partial charge >= 0.3 is 6.18 Å². The summed E-state index contributed by atoms with van der Waals surface area (Å²) >= 11 is 0. The van der Waals surface area contributed by atoms with Gasteiger partial charge < -0.3 is 20.7 Å². The highest BCUT2D eigenvalue weighted by atomic mass is 19.4. The molecular formula is C29H31F3N8O2. The molecule has 13 heteroatoms. The second-order valence-corrected chi connectivity index (χ2v) is 9.91. The fourth-order valence-corrected chi connectivity index (χ4v) is 4.48. The number of nitrogens with one attached hydrogen (secondary N) is 3. The van der Waals surface area contributed by atoms with E-state index in [1.54, 1.807) is 16.8 Å². The van der Waals surface area contributed by atoms with Crippen molar-refractivity contribution >= 4 is 28.9 Å². The number of alkyl halides is 3. The van der Waals surface area contributed by atoms with Crippen molar-refractivity contribution in [1.29, 1.82) is 0 Å². The quantitative estimate of drug-likeness (QED) is 0.253. The van der Waals surface area contributed by atoms with Crippen molar-refractivity contribution in [2.24, 2.45) is 0 Å². The van der Waals surface area contributed by atoms with Gasteiger partial charge in [0.25, 0.3) is 5.91 Å². The summed E-state index contributed by atoms with van der Waals surface area (Å²) in [5.74, 6) is 1.38. The maximum Gasteiger partial charge on any atom is 0.416 e. The minimum absolute atomic E-state index is 0.116. The normalized spacial score (nSPS) is 14.0. The second-order valence-electron chi connectivity index (χ2n) is 9.91. The van der Waals surface area contributed by atoms with E-state index in [-0.39, 0.29) is 5.56 Å². The zero-order valence-corrected chi connectivity index (χ0v) is 23.2. The smallest absolute Gasteiger partial charge is 0.379 e. The molecule has 0 spiro atoms. The molecule has 2 aromatic carbocycles. The Morgan fingerprint density at radius 2 is 1.76 bits per heavy atom. The van der Waals surface area contributed by atoms with Gasteiger partial charge in [-0.2, -0.15) is 23.0 Å². The van der Waals surface area contributed by atoms with Gasteiger partial charge in [-0.15, -0.1) is 0 Å². The number of halogens is 3. The number of carbonyl (C=O) groups is 1. The largest absolute Gasteiger partial charge is 0.416 e. The summed E-state index contributed by atoms with van der Waals surface area (Å²) in [7, 11) is 0. The van der Waals surface area contributed by atoms with Crippen LogP contribution >= 0.6 is 0 Å². The van der Waals surface area contributed by atoms with Crippen LogP contribution in [0.2, 0.25) is 0 Å². The first-order valence-electron chi connectivity index (χ1n) is 13.4. The van der Waals surface area contributed by atoms with E-state index in [0.717, 1.165) is 74.9 Å². The highest BCUT2D eigenvalue weighted by molar-refractivity contribution is 6.04. The van der Waals surface area contributed by atoms with Crippen LogP contribution in [0.4, 0.5) is 36.2 Å². The lowest BCUT2D eigenvalue weighted by Crippen LogP contribution is -2.39. The summed E-state index contributed by atoms with van der Waals surface area (Å²) in [6, 6.07) is 13.1. The third kappa shape index (κ3) is 7.22. The standard InChI is InChI=1S/C29H31F3N8O2/c1-19-3-8-23(36-28(41)21-4-6-22(7-5-21)29(30,31)32)16-24(19)37-27-15-20(2)38-40(27)26-17-25(34-18-35-26)33-9-10-39-11-13-42-14-12-39/h3-8,15-18,37H,9-14H2,1-2H3,(H,36,41)(H,33,34,35). The summed E-state index contributed by atoms with van der Waals surface area (Å²) in [6.45, 7) is 8.72. The van der Waals surface area contributed by atoms with Crippen LogP contribution in [0.1, 0.15) is 27.2 Å². The molecule has 0 unspecified atom stereocenters. The van der Waals surface area contributed by atoms with Crippen molar-refractivity contribution in [3.8, 4) is 5.82 Å². The first-order valence-corrected chi connectivity index (χ1v) is 13.4. The molecule has 220 valence electrons. The van der Waals surface area contributed by atoms with Crippen molar-refractivity contribution in [2.75, 3.05) is 55.3 Å². The van der Waals surface area contributed by atoms with Crippen LogP contribution in [-0.2, 0) is 10.9 Å². The Labute approximate surface area is 240 Å². The average molecular weight is 581 g/mol. The van der Waals surface area contributed by atoms with Gasteiger partial charge in [-0.1, -0.05) is 6.07 Å². The maximum absolute atomic E-state index is 12.9. The average Bonchev–Trinajstić information content (AvgIpc) is 3.35. The van der Waals surface area contributed by atoms with E-state index in [0.29, 0.717) is 28.8 Å². The molecule has 1 aliphatic rings. The van der Waals surface area contributed by atoms with Crippen LogP contribution in [0.25, 0.3) is 5.82 Å². The van der Waals surface area contributed by atoms with E-state index in [1.807, 2.05) is 32.0 Å². The maximum atomic E-state index is 12.9. The summed E-state index contributed by atoms with van der Waals surface area (Å²) in [5, 5.41) is 14.1. The van der Waals surface area contributed by atoms with E-state index in [1.165, 1.54) is 6.33 Å². The van der Waals surface area contributed by atoms with E-state index in [2.05, 4.69) is 35.9 Å². The van der Waals surface area contributed by atoms with Crippen LogP contribution in [0, 0.1) is 13.8 Å². The topological polar surface area (TPSA) is 109 Å². The third-order valence-electron chi connectivity index (χ3n) is 6.77. The van der Waals surface area contributed by atoms with Crippen LogP contribution in [0.3, 0.4) is 0 Å². The number of hydrogen-bond acceptors (Lipinski definition) is 8. The minimum Gasteiger partial charge on any atom is -0.379 e. The summed E-state index contributed by atoms with van der Waals surface area (Å²) < 4.78 is 45.7. The SMILES string of the molecule is Cc1cc(Nc2cc(NC(=O)c3ccc(C(F)(F)F)cc3)ccc2C)n(-c2cc(NCCN3CCOCC3)ncn2)n1. The third-order valence-corrected chi connectivity index (χ3v) is 6.77. The van der Waals surface area contributed by atoms with E-state index >= 15 is 0 Å². The number of amides is 1. The zero-order valence-electron chi connectivity index (χ0n) is 23.2. The van der Waals surface area contributed by atoms with Crippen LogP contribution in [-0.4, -0.2) is 69.9 Å². The Morgan fingerprint density at radius 1 is 1.00 bits per heavy atom. The van der Waals surface area contributed by atoms with Crippen LogP contribution in [0.15, 0.2) is 60.9 Å². The lowest BCUT2D eigenvalue weighted by Gasteiger charge is -2.26. The molecule has 0 aliphatic carbocycles. The summed E-state index contributed by atoms with van der Waals surface area (Å²) in [4.78, 5) is 23.8. The van der Waals surface area contributed by atoms with Gasteiger partial charge in [0.2, 0.25) is 0 Å². The van der Waals surface area contributed by atoms with Gasteiger partial charge in [0.15, 0.2) is 5.82 Å². The van der Waals surface area contributed by atoms with Crippen LogP contribution < -0.4 is 16.0 Å². The molecule has 3 N–H and O–H groups in total. The molecule has 5 rings (SSSR count). The monoisotopic (exact) mass is 580 g/mol. The first kappa shape index (κ1) is 29.0. The van der Waals surface area contributed by atoms with Crippen molar-refractivity contribution in [1.82, 2.24) is 24.6 Å². The predicted octanol–water partition coefficient (Wildman–Crippen LogP) is 5.04. The highest BCUT2D eigenvalue weighted by Crippen LogP contribution is 2.30. The number of morpholine rings is 1. The highest BCUT2D eigenvalue weighted by Gasteiger charge is 2.30. The van der Waals surface area contributed by atoms with E-state index in [4.69, 9.17) is 4.74 Å². The predicted molar refractivity (Wildman–Crippen MR) is 153 cm³/mol. The molecule has 10 nitrogen and oxygen atoms in total. The van der Waals surface area contributed by atoms with Gasteiger partial charge in [-0.25, -0.2) is 9.97 Å². The number of aromatic nitrogens is 4. The number of benzene rings is 2. The van der Waals surface area contributed by atoms with Gasteiger partial charge in [-0.05, 0) is 55.8 Å². The molecule has 2 aromatic heterocycles. The molecule has 0 radical (unpaired) electrons. The lowest BCUT2D eigenvalue weighted by atomic mass is 10.1. The minimum atomic E-state index is -4.47. The molecule has 1 fully saturated rings. The Balaban J connectivity index is 1.28. The van der Waals surface area contributed by atoms with Gasteiger partial charge in [0, 0.05) is 55.2 Å². The van der Waals surface area contributed by atoms with E-state index < -0.39 is 17.6 Å². The molecule has 4 aromatic rings. The number of aryl methyl sites for hydroxylation is 2. The molecule has 1 aliphatic heterocycles. The van der Waals surface area contributed by atoms with Crippen molar-refractivity contribution < 1.29 is 22.7 Å². The van der Waals surface area contributed by atoms with E-state index in [9.17, 15) is 18.0 Å². The number of rotatable bonds is 9. The summed E-state index contributed by atoms with van der Waals surface area (Å²) in [5.41, 5.74) is 2.16. The van der Waals surface area contributed by atoms with Gasteiger partial charge in [-0.3, -0.25) is 9.69 Å². The Morgan fingerprint density at radius 3 is 2.50 bits per heavy atom. The first-order chi connectivity index (χ1) is 20.2. The molecular weight excluding hydrogens is 549 g/mol. The van der Waals surface area contributed by atoms with Gasteiger partial charge in [0.1, 0.15) is 18.0 Å². The van der Waals surface area contributed by atoms with Crippen LogP contribution in [0.5, 0.6) is 0 Å². The Kier molecular flexibility index (Phi) is 8.69. The molecule has 1 saturated heterocycles. The number of hydrogen-bond donors (Lipinski definition) is 3. The molecule has 0 bridgehead atoms. The van der Waals surface area contributed by atoms with Crippen molar-refractivity contribution in [3.63, 3.8) is 0 Å². The number of carbonyl (C=O) groups excluding carboxylic acids is 1. The molecule has 42 heavy (non-hydrogen) atoms. The lowest BCUT2D eigenvalue weighted by molar-refractivity contribution is -0.137. The second kappa shape index (κ2) is 12.6. The number of nitrogens with zero attached hydrogens (tertiary/aromatic N) is 5. The molecule has 0 saturated carbocycles. The molecule has 3 heterocycles. The number of ether oxygens (including phenoxy) is 1. The fourth-order valence-electron chi connectivity index (χ4n) is 4.48. The number of anilines is 4. The van der Waals surface area contributed by atoms with Gasteiger partial charge in [0.05, 0.1) is 24.5 Å². The van der Waals surface area contributed by atoms with Crippen molar-refractivity contribution in [3.05, 3.63) is 83.3 Å². The molecule has 1 amide bonds.